The summed E-state index contributed by atoms with van der Waals surface area (Å²) in [6, 6.07) is 7.78. The van der Waals surface area contributed by atoms with Crippen LogP contribution in [0.5, 0.6) is 0 Å². The molecule has 0 amide bonds. The van der Waals surface area contributed by atoms with Crippen molar-refractivity contribution in [3.63, 3.8) is 0 Å². The molecule has 0 saturated carbocycles. The van der Waals surface area contributed by atoms with E-state index in [4.69, 9.17) is 0 Å². The number of rotatable bonds is 4. The third kappa shape index (κ3) is 3.78. The van der Waals surface area contributed by atoms with Gasteiger partial charge in [-0.3, -0.25) is 0 Å². The van der Waals surface area contributed by atoms with Crippen LogP contribution in [0.3, 0.4) is 0 Å². The van der Waals surface area contributed by atoms with E-state index >= 15 is 0 Å². The van der Waals surface area contributed by atoms with E-state index in [1.165, 1.54) is 5.56 Å². The molecule has 4 nitrogen and oxygen atoms in total. The maximum atomic E-state index is 12.3. The molecule has 1 aliphatic rings. The zero-order valence-corrected chi connectivity index (χ0v) is 12.3. The molecule has 106 valence electrons. The first kappa shape index (κ1) is 14.5. The van der Waals surface area contributed by atoms with Crippen LogP contribution in [-0.2, 0) is 10.0 Å². The lowest BCUT2D eigenvalue weighted by molar-refractivity contribution is 0.484. The van der Waals surface area contributed by atoms with Gasteiger partial charge in [-0.05, 0) is 45.3 Å². The van der Waals surface area contributed by atoms with E-state index < -0.39 is 10.0 Å². The quantitative estimate of drug-likeness (QED) is 0.884. The summed E-state index contributed by atoms with van der Waals surface area (Å²) in [6.07, 6.45) is 1.38. The average Bonchev–Trinajstić information content (AvgIpc) is 2.40. The van der Waals surface area contributed by atoms with Gasteiger partial charge in [-0.15, -0.1) is 0 Å². The van der Waals surface area contributed by atoms with Crippen molar-refractivity contribution in [3.05, 3.63) is 35.4 Å². The normalized spacial score (nSPS) is 19.3. The maximum absolute atomic E-state index is 12.3. The zero-order valence-electron chi connectivity index (χ0n) is 11.5. The fourth-order valence-corrected chi connectivity index (χ4v) is 4.05. The van der Waals surface area contributed by atoms with E-state index in [1.54, 1.807) is 0 Å². The molecule has 1 fully saturated rings. The molecule has 5 heteroatoms. The number of benzene rings is 1. The standard InChI is InChI=1S/C14H22N2O2S/c1-11-3-5-13(6-4-11)12(2)16-19(17,18)14-7-9-15-10-8-14/h3-6,12,14-16H,7-10H2,1-2H3. The first-order valence-electron chi connectivity index (χ1n) is 6.77. The molecule has 0 bridgehead atoms. The van der Waals surface area contributed by atoms with Gasteiger partial charge in [0, 0.05) is 6.04 Å². The molecule has 0 aliphatic carbocycles. The second kappa shape index (κ2) is 6.03. The number of nitrogens with one attached hydrogen (secondary N) is 2. The Hall–Kier alpha value is -0.910. The van der Waals surface area contributed by atoms with Gasteiger partial charge in [0.2, 0.25) is 10.0 Å². The molecule has 1 aromatic rings. The number of hydrogen-bond donors (Lipinski definition) is 2. The van der Waals surface area contributed by atoms with E-state index in [0.717, 1.165) is 18.7 Å². The lowest BCUT2D eigenvalue weighted by atomic mass is 10.1. The first-order valence-corrected chi connectivity index (χ1v) is 8.32. The lowest BCUT2D eigenvalue weighted by Crippen LogP contribution is -2.42. The Balaban J connectivity index is 2.04. The van der Waals surface area contributed by atoms with Gasteiger partial charge in [-0.1, -0.05) is 29.8 Å². The minimum atomic E-state index is -3.23. The third-order valence-corrected chi connectivity index (χ3v) is 5.67. The van der Waals surface area contributed by atoms with E-state index in [0.29, 0.717) is 12.8 Å². The molecule has 0 radical (unpaired) electrons. The molecule has 1 aliphatic heterocycles. The van der Waals surface area contributed by atoms with Crippen molar-refractivity contribution in [1.29, 1.82) is 0 Å². The summed E-state index contributed by atoms with van der Waals surface area (Å²) in [5, 5.41) is 2.92. The van der Waals surface area contributed by atoms with Gasteiger partial charge in [0.15, 0.2) is 0 Å². The second-order valence-electron chi connectivity index (χ2n) is 5.24. The molecule has 0 spiro atoms. The number of piperidine rings is 1. The topological polar surface area (TPSA) is 58.2 Å². The van der Waals surface area contributed by atoms with Crippen molar-refractivity contribution in [2.45, 2.75) is 38.0 Å². The zero-order chi connectivity index (χ0) is 13.9. The largest absolute Gasteiger partial charge is 0.317 e. The summed E-state index contributed by atoms with van der Waals surface area (Å²) < 4.78 is 27.4. The van der Waals surface area contributed by atoms with Gasteiger partial charge in [0.1, 0.15) is 0 Å². The summed E-state index contributed by atoms with van der Waals surface area (Å²) in [4.78, 5) is 0. The summed E-state index contributed by atoms with van der Waals surface area (Å²) in [6.45, 7) is 5.48. The summed E-state index contributed by atoms with van der Waals surface area (Å²) in [5.74, 6) is 0. The molecule has 2 N–H and O–H groups in total. The van der Waals surface area contributed by atoms with Crippen molar-refractivity contribution in [1.82, 2.24) is 10.0 Å². The SMILES string of the molecule is Cc1ccc(C(C)NS(=O)(=O)C2CCNCC2)cc1. The monoisotopic (exact) mass is 282 g/mol. The van der Waals surface area contributed by atoms with Crippen LogP contribution in [0, 0.1) is 6.92 Å². The van der Waals surface area contributed by atoms with Gasteiger partial charge < -0.3 is 5.32 Å². The molecule has 2 rings (SSSR count). The maximum Gasteiger partial charge on any atom is 0.215 e. The van der Waals surface area contributed by atoms with Crippen LogP contribution in [0.4, 0.5) is 0 Å². The number of sulfonamides is 1. The van der Waals surface area contributed by atoms with Crippen molar-refractivity contribution in [2.75, 3.05) is 13.1 Å². The predicted octanol–water partition coefficient (Wildman–Crippen LogP) is 1.73. The Morgan fingerprint density at radius 2 is 1.79 bits per heavy atom. The second-order valence-corrected chi connectivity index (χ2v) is 7.24. The van der Waals surface area contributed by atoms with Gasteiger partial charge in [-0.2, -0.15) is 0 Å². The predicted molar refractivity (Wildman–Crippen MR) is 77.5 cm³/mol. The Morgan fingerprint density at radius 3 is 2.37 bits per heavy atom. The summed E-state index contributed by atoms with van der Waals surface area (Å²) >= 11 is 0. The number of aryl methyl sites for hydroxylation is 1. The van der Waals surface area contributed by atoms with Crippen LogP contribution in [0.1, 0.15) is 36.9 Å². The Labute approximate surface area is 115 Å². The van der Waals surface area contributed by atoms with Crippen LogP contribution in [-0.4, -0.2) is 26.8 Å². The molecular weight excluding hydrogens is 260 g/mol. The lowest BCUT2D eigenvalue weighted by Gasteiger charge is -2.25. The van der Waals surface area contributed by atoms with Crippen LogP contribution >= 0.6 is 0 Å². The smallest absolute Gasteiger partial charge is 0.215 e. The third-order valence-electron chi connectivity index (χ3n) is 3.64. The van der Waals surface area contributed by atoms with Crippen LogP contribution in [0.15, 0.2) is 24.3 Å². The molecule has 0 aromatic heterocycles. The molecule has 1 heterocycles. The summed E-state index contributed by atoms with van der Waals surface area (Å²) in [5.41, 5.74) is 2.18. The Kier molecular flexibility index (Phi) is 4.60. The van der Waals surface area contributed by atoms with Crippen molar-refractivity contribution >= 4 is 10.0 Å². The Bertz CT molecular complexity index is 505. The average molecular weight is 282 g/mol. The van der Waals surface area contributed by atoms with Gasteiger partial charge >= 0.3 is 0 Å². The molecule has 1 aromatic carbocycles. The van der Waals surface area contributed by atoms with E-state index in [2.05, 4.69) is 10.0 Å². The number of hydrogen-bond acceptors (Lipinski definition) is 3. The van der Waals surface area contributed by atoms with Gasteiger partial charge in [0.25, 0.3) is 0 Å². The van der Waals surface area contributed by atoms with Crippen molar-refractivity contribution in [3.8, 4) is 0 Å². The van der Waals surface area contributed by atoms with E-state index in [9.17, 15) is 8.42 Å². The van der Waals surface area contributed by atoms with Gasteiger partial charge in [0.05, 0.1) is 5.25 Å². The van der Waals surface area contributed by atoms with Crippen LogP contribution in [0.2, 0.25) is 0 Å². The fraction of sp³-hybridized carbons (Fsp3) is 0.571. The minimum absolute atomic E-state index is 0.180. The van der Waals surface area contributed by atoms with Crippen molar-refractivity contribution in [2.24, 2.45) is 0 Å². The highest BCUT2D eigenvalue weighted by atomic mass is 32.2. The van der Waals surface area contributed by atoms with Crippen LogP contribution < -0.4 is 10.0 Å². The molecule has 1 atom stereocenters. The fourth-order valence-electron chi connectivity index (χ4n) is 2.37. The highest BCUT2D eigenvalue weighted by molar-refractivity contribution is 7.90. The molecular formula is C14H22N2O2S. The minimum Gasteiger partial charge on any atom is -0.317 e. The molecule has 1 saturated heterocycles. The molecule has 19 heavy (non-hydrogen) atoms. The van der Waals surface area contributed by atoms with Crippen LogP contribution in [0.25, 0.3) is 0 Å². The molecule has 1 unspecified atom stereocenters. The van der Waals surface area contributed by atoms with E-state index in [1.807, 2.05) is 38.1 Å². The first-order chi connectivity index (χ1) is 8.99. The van der Waals surface area contributed by atoms with Gasteiger partial charge in [-0.25, -0.2) is 13.1 Å². The Morgan fingerprint density at radius 1 is 1.21 bits per heavy atom. The highest BCUT2D eigenvalue weighted by Crippen LogP contribution is 2.18. The van der Waals surface area contributed by atoms with E-state index in [-0.39, 0.29) is 11.3 Å². The van der Waals surface area contributed by atoms with Crippen molar-refractivity contribution < 1.29 is 8.42 Å². The summed E-state index contributed by atoms with van der Waals surface area (Å²) in [7, 11) is -3.23. The highest BCUT2D eigenvalue weighted by Gasteiger charge is 2.28.